The first-order valence-electron chi connectivity index (χ1n) is 6.76. The molecule has 1 aliphatic rings. The topological polar surface area (TPSA) is 8.17 Å². The van der Waals surface area contributed by atoms with Gasteiger partial charge in [-0.3, -0.25) is 3.97 Å². The van der Waals surface area contributed by atoms with Crippen LogP contribution in [0.15, 0.2) is 24.4 Å². The lowest BCUT2D eigenvalue weighted by molar-refractivity contribution is 0.379. The third-order valence-corrected chi connectivity index (χ3v) is 4.72. The number of hydrogen-bond acceptors (Lipinski definition) is 2. The number of hydrogen-bond donors (Lipinski definition) is 0. The lowest BCUT2D eigenvalue weighted by Gasteiger charge is -2.25. The van der Waals surface area contributed by atoms with E-state index in [4.69, 9.17) is 0 Å². The lowest BCUT2D eigenvalue weighted by Crippen LogP contribution is -2.24. The van der Waals surface area contributed by atoms with Gasteiger partial charge in [-0.2, -0.15) is 0 Å². The monoisotopic (exact) mass is 260 g/mol. The Labute approximate surface area is 113 Å². The summed E-state index contributed by atoms with van der Waals surface area (Å²) < 4.78 is 4.83. The lowest BCUT2D eigenvalue weighted by atomic mass is 10.1. The summed E-state index contributed by atoms with van der Waals surface area (Å²) in [5.74, 6) is 0. The van der Waals surface area contributed by atoms with Crippen molar-refractivity contribution in [2.24, 2.45) is 0 Å². The van der Waals surface area contributed by atoms with Crippen molar-refractivity contribution in [3.63, 3.8) is 0 Å². The highest BCUT2D eigenvalue weighted by molar-refractivity contribution is 7.95. The van der Waals surface area contributed by atoms with Crippen LogP contribution in [0.2, 0.25) is 0 Å². The molecule has 0 amide bonds. The Morgan fingerprint density at radius 2 is 1.83 bits per heavy atom. The highest BCUT2D eigenvalue weighted by Gasteiger charge is 2.13. The van der Waals surface area contributed by atoms with Gasteiger partial charge in [-0.05, 0) is 43.9 Å². The maximum atomic E-state index is 2.49. The minimum Gasteiger partial charge on any atom is -0.278 e. The van der Waals surface area contributed by atoms with Crippen molar-refractivity contribution in [3.8, 4) is 0 Å². The molecular weight excluding hydrogens is 240 g/mol. The molecular formula is C15H20N2S. The van der Waals surface area contributed by atoms with Crippen LogP contribution in [0.5, 0.6) is 0 Å². The standard InChI is InChI=1S/C15H20N2S/c1-12-6-7-14-13(2)11-17(15(14)10-12)18-16-8-4-3-5-9-16/h6-7,10-11H,3-5,8-9H2,1-2H3. The van der Waals surface area contributed by atoms with Crippen molar-refractivity contribution < 1.29 is 0 Å². The number of piperidine rings is 1. The third kappa shape index (κ3) is 2.29. The van der Waals surface area contributed by atoms with Crippen molar-refractivity contribution in [2.75, 3.05) is 13.1 Å². The van der Waals surface area contributed by atoms with Gasteiger partial charge in [-0.1, -0.05) is 18.6 Å². The van der Waals surface area contributed by atoms with Gasteiger partial charge in [-0.25, -0.2) is 4.31 Å². The largest absolute Gasteiger partial charge is 0.278 e. The molecule has 0 atom stereocenters. The number of benzene rings is 1. The second-order valence-corrected chi connectivity index (χ2v) is 6.30. The summed E-state index contributed by atoms with van der Waals surface area (Å²) in [5.41, 5.74) is 4.05. The molecule has 2 heterocycles. The van der Waals surface area contributed by atoms with E-state index in [1.165, 1.54) is 54.4 Å². The molecule has 1 fully saturated rings. The minimum absolute atomic E-state index is 1.22. The number of aromatic nitrogens is 1. The summed E-state index contributed by atoms with van der Waals surface area (Å²) in [7, 11) is 0. The summed E-state index contributed by atoms with van der Waals surface area (Å²) in [6.45, 7) is 6.80. The minimum atomic E-state index is 1.22. The molecule has 1 saturated heterocycles. The van der Waals surface area contributed by atoms with Crippen LogP contribution >= 0.6 is 12.1 Å². The van der Waals surface area contributed by atoms with Gasteiger partial charge in [0.2, 0.25) is 0 Å². The van der Waals surface area contributed by atoms with Gasteiger partial charge in [0, 0.05) is 36.8 Å². The Bertz CT molecular complexity index is 553. The highest BCUT2D eigenvalue weighted by Crippen LogP contribution is 2.28. The zero-order chi connectivity index (χ0) is 12.5. The van der Waals surface area contributed by atoms with Gasteiger partial charge in [0.25, 0.3) is 0 Å². The van der Waals surface area contributed by atoms with Crippen LogP contribution in [0, 0.1) is 13.8 Å². The molecule has 18 heavy (non-hydrogen) atoms. The summed E-state index contributed by atoms with van der Waals surface area (Å²) in [5, 5.41) is 1.38. The van der Waals surface area contributed by atoms with E-state index >= 15 is 0 Å². The van der Waals surface area contributed by atoms with Gasteiger partial charge in [0.05, 0.1) is 5.52 Å². The number of nitrogens with zero attached hydrogens (tertiary/aromatic N) is 2. The van der Waals surface area contributed by atoms with Crippen LogP contribution in [0.3, 0.4) is 0 Å². The van der Waals surface area contributed by atoms with E-state index in [-0.39, 0.29) is 0 Å². The van der Waals surface area contributed by atoms with Gasteiger partial charge in [-0.15, -0.1) is 0 Å². The van der Waals surface area contributed by atoms with Gasteiger partial charge >= 0.3 is 0 Å². The Morgan fingerprint density at radius 1 is 1.06 bits per heavy atom. The molecule has 0 radical (unpaired) electrons. The van der Waals surface area contributed by atoms with Crippen LogP contribution in [0.1, 0.15) is 30.4 Å². The second-order valence-electron chi connectivity index (χ2n) is 5.23. The number of fused-ring (bicyclic) bond motifs is 1. The highest BCUT2D eigenvalue weighted by atomic mass is 32.2. The molecule has 96 valence electrons. The van der Waals surface area contributed by atoms with Crippen LogP contribution in [-0.2, 0) is 0 Å². The van der Waals surface area contributed by atoms with E-state index in [1.54, 1.807) is 0 Å². The summed E-state index contributed by atoms with van der Waals surface area (Å²) in [6.07, 6.45) is 6.33. The van der Waals surface area contributed by atoms with Gasteiger partial charge in [0.15, 0.2) is 0 Å². The predicted octanol–water partition coefficient (Wildman–Crippen LogP) is 4.16. The molecule has 0 aliphatic carbocycles. The van der Waals surface area contributed by atoms with Crippen molar-refractivity contribution in [1.82, 2.24) is 8.28 Å². The Balaban J connectivity index is 1.93. The van der Waals surface area contributed by atoms with Crippen LogP contribution < -0.4 is 0 Å². The molecule has 0 N–H and O–H groups in total. The fourth-order valence-electron chi connectivity index (χ4n) is 2.61. The average molecular weight is 260 g/mol. The fourth-order valence-corrected chi connectivity index (χ4v) is 3.73. The Morgan fingerprint density at radius 3 is 2.61 bits per heavy atom. The first-order chi connectivity index (χ1) is 8.74. The van der Waals surface area contributed by atoms with Crippen molar-refractivity contribution >= 4 is 23.0 Å². The molecule has 0 spiro atoms. The van der Waals surface area contributed by atoms with E-state index in [2.05, 4.69) is 46.5 Å². The first kappa shape index (κ1) is 12.1. The van der Waals surface area contributed by atoms with Crippen molar-refractivity contribution in [1.29, 1.82) is 0 Å². The first-order valence-corrected chi connectivity index (χ1v) is 7.49. The molecule has 2 aromatic rings. The molecule has 0 bridgehead atoms. The van der Waals surface area contributed by atoms with E-state index in [1.807, 2.05) is 12.1 Å². The maximum absolute atomic E-state index is 2.49. The molecule has 1 aliphatic heterocycles. The van der Waals surface area contributed by atoms with Gasteiger partial charge in [0.1, 0.15) is 0 Å². The smallest absolute Gasteiger partial charge is 0.0608 e. The summed E-state index contributed by atoms with van der Waals surface area (Å²) in [4.78, 5) is 0. The predicted molar refractivity (Wildman–Crippen MR) is 79.8 cm³/mol. The number of aryl methyl sites for hydroxylation is 2. The van der Waals surface area contributed by atoms with E-state index in [0.29, 0.717) is 0 Å². The van der Waals surface area contributed by atoms with Crippen LogP contribution in [0.4, 0.5) is 0 Å². The van der Waals surface area contributed by atoms with Crippen LogP contribution in [-0.4, -0.2) is 21.4 Å². The second kappa shape index (κ2) is 4.98. The Kier molecular flexibility index (Phi) is 3.35. The van der Waals surface area contributed by atoms with Crippen LogP contribution in [0.25, 0.3) is 10.9 Å². The zero-order valence-corrected chi connectivity index (χ0v) is 12.0. The third-order valence-electron chi connectivity index (χ3n) is 3.64. The van der Waals surface area contributed by atoms with E-state index in [9.17, 15) is 0 Å². The molecule has 0 unspecified atom stereocenters. The Hall–Kier alpha value is -0.930. The quantitative estimate of drug-likeness (QED) is 0.749. The maximum Gasteiger partial charge on any atom is 0.0608 e. The average Bonchev–Trinajstić information content (AvgIpc) is 2.67. The summed E-state index contributed by atoms with van der Waals surface area (Å²) >= 11 is 1.87. The molecule has 1 aromatic heterocycles. The molecule has 2 nitrogen and oxygen atoms in total. The van der Waals surface area contributed by atoms with Crippen molar-refractivity contribution in [3.05, 3.63) is 35.5 Å². The molecule has 3 rings (SSSR count). The molecule has 1 aromatic carbocycles. The molecule has 0 saturated carbocycles. The van der Waals surface area contributed by atoms with E-state index < -0.39 is 0 Å². The normalized spacial score (nSPS) is 17.4. The SMILES string of the molecule is Cc1ccc2c(C)cn(SN3CCCCC3)c2c1. The molecule has 3 heteroatoms. The van der Waals surface area contributed by atoms with Crippen molar-refractivity contribution in [2.45, 2.75) is 33.1 Å². The fraction of sp³-hybridized carbons (Fsp3) is 0.467. The zero-order valence-electron chi connectivity index (χ0n) is 11.1. The van der Waals surface area contributed by atoms with E-state index in [0.717, 1.165) is 0 Å². The summed E-state index contributed by atoms with van der Waals surface area (Å²) in [6, 6.07) is 6.73. The number of rotatable bonds is 2. The van der Waals surface area contributed by atoms with Gasteiger partial charge < -0.3 is 0 Å².